The Kier molecular flexibility index (Phi) is 4.65. The highest BCUT2D eigenvalue weighted by Gasteiger charge is 2.44. The number of nitrogens with one attached hydrogen (secondary N) is 1. The van der Waals surface area contributed by atoms with Crippen molar-refractivity contribution < 1.29 is 14.3 Å². The van der Waals surface area contributed by atoms with Gasteiger partial charge in [0.05, 0.1) is 7.11 Å². The highest BCUT2D eigenvalue weighted by atomic mass is 16.5. The quantitative estimate of drug-likeness (QED) is 0.816. The first-order valence-corrected chi connectivity index (χ1v) is 7.37. The first-order valence-electron chi connectivity index (χ1n) is 7.37. The normalized spacial score (nSPS) is 16.4. The maximum atomic E-state index is 12.5. The van der Waals surface area contributed by atoms with Gasteiger partial charge >= 0.3 is 5.97 Å². The fraction of sp³-hybridized carbons (Fsp3) is 0.667. The molecule has 0 aliphatic heterocycles. The number of nitrogens with zero attached hydrogens (tertiary/aromatic N) is 2. The van der Waals surface area contributed by atoms with Gasteiger partial charge in [0.2, 0.25) is 5.91 Å². The number of carbonyl (C=O) groups is 2. The number of hydrogen-bond acceptors (Lipinski definition) is 4. The third-order valence-electron chi connectivity index (χ3n) is 3.99. The summed E-state index contributed by atoms with van der Waals surface area (Å²) in [5.41, 5.74) is -0.236. The molecule has 0 bridgehead atoms. The highest BCUT2D eigenvalue weighted by Crippen LogP contribution is 2.46. The highest BCUT2D eigenvalue weighted by molar-refractivity contribution is 5.95. The Labute approximate surface area is 124 Å². The van der Waals surface area contributed by atoms with Crippen molar-refractivity contribution in [3.63, 3.8) is 0 Å². The van der Waals surface area contributed by atoms with Crippen molar-refractivity contribution in [2.45, 2.75) is 46.1 Å². The van der Waals surface area contributed by atoms with Crippen LogP contribution in [0.15, 0.2) is 12.3 Å². The van der Waals surface area contributed by atoms with E-state index in [0.717, 1.165) is 25.7 Å². The molecule has 0 aromatic carbocycles. The van der Waals surface area contributed by atoms with Crippen molar-refractivity contribution in [3.8, 4) is 0 Å². The Hall–Kier alpha value is -1.85. The van der Waals surface area contributed by atoms with Crippen molar-refractivity contribution in [2.24, 2.45) is 11.3 Å². The molecule has 0 atom stereocenters. The summed E-state index contributed by atoms with van der Waals surface area (Å²) in [7, 11) is 1.33. The van der Waals surface area contributed by atoms with Gasteiger partial charge in [-0.2, -0.15) is 5.10 Å². The van der Waals surface area contributed by atoms with E-state index in [0.29, 0.717) is 11.7 Å². The van der Waals surface area contributed by atoms with E-state index in [4.69, 9.17) is 0 Å². The van der Waals surface area contributed by atoms with E-state index in [-0.39, 0.29) is 23.8 Å². The summed E-state index contributed by atoms with van der Waals surface area (Å²) in [6.45, 7) is 4.32. The zero-order chi connectivity index (χ0) is 15.5. The molecule has 2 rings (SSSR count). The topological polar surface area (TPSA) is 73.2 Å². The minimum Gasteiger partial charge on any atom is -0.468 e. The van der Waals surface area contributed by atoms with Crippen molar-refractivity contribution in [1.29, 1.82) is 0 Å². The molecule has 1 aromatic rings. The van der Waals surface area contributed by atoms with E-state index in [2.05, 4.69) is 29.0 Å². The zero-order valence-electron chi connectivity index (χ0n) is 12.9. The zero-order valence-corrected chi connectivity index (χ0v) is 12.9. The maximum absolute atomic E-state index is 12.5. The fourth-order valence-corrected chi connectivity index (χ4v) is 2.87. The van der Waals surface area contributed by atoms with Crippen molar-refractivity contribution >= 4 is 17.7 Å². The second kappa shape index (κ2) is 6.28. The van der Waals surface area contributed by atoms with Gasteiger partial charge in [-0.1, -0.05) is 20.3 Å². The number of aromatic nitrogens is 2. The molecule has 0 saturated heterocycles. The van der Waals surface area contributed by atoms with E-state index in [1.54, 1.807) is 12.3 Å². The SMILES string of the molecule is COC(=O)Cn1ccc(NC(=O)C2(CC(C)C)CCC2)n1. The van der Waals surface area contributed by atoms with Gasteiger partial charge in [0, 0.05) is 17.7 Å². The molecule has 1 fully saturated rings. The lowest BCUT2D eigenvalue weighted by Crippen LogP contribution is -2.43. The van der Waals surface area contributed by atoms with E-state index in [1.807, 2.05) is 0 Å². The molecule has 1 aliphatic carbocycles. The molecule has 0 radical (unpaired) electrons. The first-order chi connectivity index (χ1) is 9.95. The Morgan fingerprint density at radius 2 is 2.19 bits per heavy atom. The smallest absolute Gasteiger partial charge is 0.327 e. The van der Waals surface area contributed by atoms with E-state index in [9.17, 15) is 9.59 Å². The second-order valence-corrected chi connectivity index (χ2v) is 6.16. The van der Waals surface area contributed by atoms with Crippen LogP contribution in [0.4, 0.5) is 5.82 Å². The van der Waals surface area contributed by atoms with Gasteiger partial charge in [-0.3, -0.25) is 14.3 Å². The monoisotopic (exact) mass is 293 g/mol. The second-order valence-electron chi connectivity index (χ2n) is 6.16. The third-order valence-corrected chi connectivity index (χ3v) is 3.99. The summed E-state index contributed by atoms with van der Waals surface area (Å²) in [5, 5.41) is 7.05. The Bertz CT molecular complexity index is 518. The standard InChI is InChI=1S/C15H23N3O3/c1-11(2)9-15(6-4-7-15)14(20)16-12-5-8-18(17-12)10-13(19)21-3/h5,8,11H,4,6-7,9-10H2,1-3H3,(H,16,17,20). The molecule has 1 aliphatic rings. The van der Waals surface area contributed by atoms with E-state index in [1.165, 1.54) is 11.8 Å². The van der Waals surface area contributed by atoms with Crippen molar-refractivity contribution in [3.05, 3.63) is 12.3 Å². The summed E-state index contributed by atoms with van der Waals surface area (Å²) >= 11 is 0. The molecule has 21 heavy (non-hydrogen) atoms. The molecule has 6 nitrogen and oxygen atoms in total. The van der Waals surface area contributed by atoms with Crippen LogP contribution in [0.3, 0.4) is 0 Å². The number of rotatable bonds is 6. The van der Waals surface area contributed by atoms with Crippen molar-refractivity contribution in [2.75, 3.05) is 12.4 Å². The summed E-state index contributed by atoms with van der Waals surface area (Å²) in [5.74, 6) is 0.656. The Morgan fingerprint density at radius 1 is 1.48 bits per heavy atom. The third kappa shape index (κ3) is 3.62. The van der Waals surface area contributed by atoms with E-state index < -0.39 is 0 Å². The molecule has 116 valence electrons. The fourth-order valence-electron chi connectivity index (χ4n) is 2.87. The lowest BCUT2D eigenvalue weighted by Gasteiger charge is -2.41. The van der Waals surface area contributed by atoms with Gasteiger partial charge in [-0.25, -0.2) is 0 Å². The van der Waals surface area contributed by atoms with Gasteiger partial charge < -0.3 is 10.1 Å². The number of carbonyl (C=O) groups excluding carboxylic acids is 2. The minimum atomic E-state index is -0.369. The van der Waals surface area contributed by atoms with Crippen LogP contribution >= 0.6 is 0 Å². The predicted octanol–water partition coefficient (Wildman–Crippen LogP) is 2.21. The summed E-state index contributed by atoms with van der Waals surface area (Å²) in [4.78, 5) is 23.7. The number of anilines is 1. The molecule has 1 saturated carbocycles. The average molecular weight is 293 g/mol. The molecule has 1 heterocycles. The molecule has 6 heteroatoms. The number of esters is 1. The van der Waals surface area contributed by atoms with Crippen LogP contribution in [-0.4, -0.2) is 28.8 Å². The molecule has 0 unspecified atom stereocenters. The van der Waals surface area contributed by atoms with E-state index >= 15 is 0 Å². The predicted molar refractivity (Wildman–Crippen MR) is 78.6 cm³/mol. The van der Waals surface area contributed by atoms with Gasteiger partial charge in [0.15, 0.2) is 5.82 Å². The van der Waals surface area contributed by atoms with Crippen LogP contribution in [0.25, 0.3) is 0 Å². The van der Waals surface area contributed by atoms with Gasteiger partial charge in [-0.05, 0) is 25.2 Å². The van der Waals surface area contributed by atoms with Crippen LogP contribution < -0.4 is 5.32 Å². The van der Waals surface area contributed by atoms with Crippen LogP contribution in [0, 0.1) is 11.3 Å². The molecule has 1 amide bonds. The minimum absolute atomic E-state index is 0.0451. The van der Waals surface area contributed by atoms with Gasteiger partial charge in [0.1, 0.15) is 6.54 Å². The summed E-state index contributed by atoms with van der Waals surface area (Å²) in [6.07, 6.45) is 5.56. The Morgan fingerprint density at radius 3 is 2.71 bits per heavy atom. The average Bonchev–Trinajstić information content (AvgIpc) is 2.80. The first kappa shape index (κ1) is 15.5. The number of amides is 1. The molecular weight excluding hydrogens is 270 g/mol. The van der Waals surface area contributed by atoms with Crippen LogP contribution in [0.1, 0.15) is 39.5 Å². The lowest BCUT2D eigenvalue weighted by molar-refractivity contribution is -0.141. The molecule has 1 aromatic heterocycles. The molecule has 0 spiro atoms. The molecular formula is C15H23N3O3. The largest absolute Gasteiger partial charge is 0.468 e. The van der Waals surface area contributed by atoms with Crippen LogP contribution in [0.5, 0.6) is 0 Å². The maximum Gasteiger partial charge on any atom is 0.327 e. The number of hydrogen-bond donors (Lipinski definition) is 1. The number of ether oxygens (including phenoxy) is 1. The molecule has 1 N–H and O–H groups in total. The number of methoxy groups -OCH3 is 1. The lowest BCUT2D eigenvalue weighted by atomic mass is 9.64. The summed E-state index contributed by atoms with van der Waals surface area (Å²) < 4.78 is 6.04. The van der Waals surface area contributed by atoms with Crippen molar-refractivity contribution in [1.82, 2.24) is 9.78 Å². The van der Waals surface area contributed by atoms with Crippen LogP contribution in [0.2, 0.25) is 0 Å². The van der Waals surface area contributed by atoms with Crippen LogP contribution in [-0.2, 0) is 20.9 Å². The van der Waals surface area contributed by atoms with Gasteiger partial charge in [0.25, 0.3) is 0 Å². The van der Waals surface area contributed by atoms with Gasteiger partial charge in [-0.15, -0.1) is 0 Å². The Balaban J connectivity index is 1.97. The summed E-state index contributed by atoms with van der Waals surface area (Å²) in [6, 6.07) is 1.70.